The minimum absolute atomic E-state index is 0.0140. The number of hydrogen-bond acceptors (Lipinski definition) is 11. The van der Waals surface area contributed by atoms with E-state index in [1.807, 2.05) is 70.2 Å². The first-order valence-corrected chi connectivity index (χ1v) is 26.8. The van der Waals surface area contributed by atoms with Crippen LogP contribution < -0.4 is 55.3 Å². The standard InChI is InChI=1S/C54H82N14O8/c1-5-33(4)45(66-50(73)40(28-32(2)3)63-47(70)37(56)19-13-25-60-54(58)59)53(76)68-27-15-23-44(68)52(75)67-26-14-22-43(67)51(74)65-41(29-34-16-7-6-8-17-34)48(71)64-42(30-35-31-61-38-20-10-9-18-36(35)38)49(72)62-39(46(57)69)21-11-12-24-55/h6-10,16-18,20,31-33,37,39-45,61H,5,11-15,19,21-30,55-56H2,1-4H3,(H2,57,69)(H,62,72)(H,63,70)(H,64,71)(H,65,74)(H,66,73)(H4,58,59,60)/t33-,37-,39-,40-,41-,42-,43-,44-,45-/m0/s1. The molecule has 9 atom stereocenters. The number of carbonyl (C=O) groups is 8. The number of amides is 8. The number of benzene rings is 2. The van der Waals surface area contributed by atoms with Crippen molar-refractivity contribution in [2.24, 2.45) is 45.5 Å². The zero-order chi connectivity index (χ0) is 55.5. The predicted molar refractivity (Wildman–Crippen MR) is 290 cm³/mol. The fourth-order valence-corrected chi connectivity index (χ4v) is 9.91. The Kier molecular flexibility index (Phi) is 23.0. The molecule has 0 saturated carbocycles. The maximum atomic E-state index is 14.7. The van der Waals surface area contributed by atoms with Crippen LogP contribution in [0.3, 0.4) is 0 Å². The summed E-state index contributed by atoms with van der Waals surface area (Å²) in [4.78, 5) is 123. The van der Waals surface area contributed by atoms with E-state index < -0.39 is 95.6 Å². The van der Waals surface area contributed by atoms with Crippen molar-refractivity contribution in [3.05, 3.63) is 71.9 Å². The maximum absolute atomic E-state index is 14.7. The lowest BCUT2D eigenvalue weighted by atomic mass is 9.95. The molecule has 0 radical (unpaired) electrons. The van der Waals surface area contributed by atoms with Gasteiger partial charge < -0.3 is 70.0 Å². The van der Waals surface area contributed by atoms with Crippen LogP contribution in [0.2, 0.25) is 0 Å². The predicted octanol–water partition coefficient (Wildman–Crippen LogP) is 0.446. The van der Waals surface area contributed by atoms with E-state index in [2.05, 4.69) is 36.6 Å². The van der Waals surface area contributed by atoms with E-state index in [0.29, 0.717) is 57.1 Å². The van der Waals surface area contributed by atoms with Crippen molar-refractivity contribution in [3.63, 3.8) is 0 Å². The topological polar surface area (TPSA) is 361 Å². The van der Waals surface area contributed by atoms with Crippen LogP contribution in [-0.4, -0.2) is 143 Å². The number of aromatic nitrogens is 1. The molecule has 16 N–H and O–H groups in total. The van der Waals surface area contributed by atoms with E-state index in [9.17, 15) is 38.4 Å². The molecule has 2 aliphatic heterocycles. The van der Waals surface area contributed by atoms with Gasteiger partial charge in [-0.3, -0.25) is 43.3 Å². The number of likely N-dealkylation sites (tertiary alicyclic amines) is 2. The van der Waals surface area contributed by atoms with Crippen molar-refractivity contribution in [1.82, 2.24) is 41.4 Å². The van der Waals surface area contributed by atoms with E-state index in [4.69, 9.17) is 28.7 Å². The second kappa shape index (κ2) is 29.3. The van der Waals surface area contributed by atoms with Crippen molar-refractivity contribution >= 4 is 64.1 Å². The molecule has 416 valence electrons. The molecule has 2 aliphatic rings. The van der Waals surface area contributed by atoms with Gasteiger partial charge in [0.1, 0.15) is 42.3 Å². The van der Waals surface area contributed by atoms with Gasteiger partial charge in [0.25, 0.3) is 0 Å². The summed E-state index contributed by atoms with van der Waals surface area (Å²) < 4.78 is 0. The first-order valence-electron chi connectivity index (χ1n) is 26.8. The quantitative estimate of drug-likeness (QED) is 0.0257. The van der Waals surface area contributed by atoms with Gasteiger partial charge in [-0.25, -0.2) is 0 Å². The number of fused-ring (bicyclic) bond motifs is 1. The van der Waals surface area contributed by atoms with Crippen LogP contribution in [0.15, 0.2) is 65.8 Å². The molecular formula is C54H82N14O8. The number of unbranched alkanes of at least 4 members (excludes halogenated alkanes) is 1. The highest BCUT2D eigenvalue weighted by atomic mass is 16.2. The van der Waals surface area contributed by atoms with Gasteiger partial charge in [0.05, 0.1) is 6.04 Å². The Labute approximate surface area is 445 Å². The summed E-state index contributed by atoms with van der Waals surface area (Å²) in [6.07, 6.45) is 6.29. The molecule has 2 fully saturated rings. The smallest absolute Gasteiger partial charge is 0.246 e. The second-order valence-corrected chi connectivity index (χ2v) is 20.6. The zero-order valence-electron chi connectivity index (χ0n) is 44.6. The molecule has 1 aromatic heterocycles. The largest absolute Gasteiger partial charge is 0.370 e. The molecule has 22 nitrogen and oxygen atoms in total. The van der Waals surface area contributed by atoms with Crippen molar-refractivity contribution in [2.45, 2.75) is 160 Å². The molecular weight excluding hydrogens is 973 g/mol. The van der Waals surface area contributed by atoms with Crippen molar-refractivity contribution in [1.29, 1.82) is 0 Å². The number of nitrogens with one attached hydrogen (secondary N) is 6. The number of nitrogens with two attached hydrogens (primary N) is 5. The summed E-state index contributed by atoms with van der Waals surface area (Å²) in [6, 6.07) is 8.19. The minimum Gasteiger partial charge on any atom is -0.370 e. The molecule has 76 heavy (non-hydrogen) atoms. The van der Waals surface area contributed by atoms with Crippen LogP contribution >= 0.6 is 0 Å². The molecule has 0 spiro atoms. The Balaban J connectivity index is 1.33. The average molecular weight is 1060 g/mol. The van der Waals surface area contributed by atoms with Gasteiger partial charge in [0.15, 0.2) is 5.96 Å². The van der Waals surface area contributed by atoms with E-state index in [1.165, 1.54) is 9.80 Å². The third kappa shape index (κ3) is 17.0. The number of rotatable bonds is 29. The number of nitrogens with zero attached hydrogens (tertiary/aromatic N) is 3. The monoisotopic (exact) mass is 1050 g/mol. The van der Waals surface area contributed by atoms with Gasteiger partial charge in [-0.05, 0) is 99.8 Å². The number of para-hydroxylation sites is 1. The lowest BCUT2D eigenvalue weighted by molar-refractivity contribution is -0.149. The van der Waals surface area contributed by atoms with Crippen molar-refractivity contribution in [3.8, 4) is 0 Å². The fourth-order valence-electron chi connectivity index (χ4n) is 9.91. The molecule has 5 rings (SSSR count). The number of aliphatic imine (C=N–C) groups is 1. The van der Waals surface area contributed by atoms with Gasteiger partial charge in [0, 0.05) is 49.6 Å². The molecule has 0 bridgehead atoms. The van der Waals surface area contributed by atoms with E-state index >= 15 is 0 Å². The Morgan fingerprint density at radius 2 is 1.32 bits per heavy atom. The second-order valence-electron chi connectivity index (χ2n) is 20.6. The highest BCUT2D eigenvalue weighted by Gasteiger charge is 2.45. The van der Waals surface area contributed by atoms with E-state index in [0.717, 1.165) is 16.5 Å². The summed E-state index contributed by atoms with van der Waals surface area (Å²) in [6.45, 7) is 8.68. The molecule has 8 amide bonds. The van der Waals surface area contributed by atoms with E-state index in [-0.39, 0.29) is 76.0 Å². The number of hydrogen-bond donors (Lipinski definition) is 11. The highest BCUT2D eigenvalue weighted by molar-refractivity contribution is 5.98. The maximum Gasteiger partial charge on any atom is 0.246 e. The number of primary amides is 1. The summed E-state index contributed by atoms with van der Waals surface area (Å²) in [7, 11) is 0. The molecule has 0 unspecified atom stereocenters. The number of H-pyrrole nitrogens is 1. The van der Waals surface area contributed by atoms with Crippen LogP contribution in [0.4, 0.5) is 0 Å². The summed E-state index contributed by atoms with van der Waals surface area (Å²) in [5.41, 5.74) is 30.7. The number of carbonyl (C=O) groups excluding carboxylic acids is 8. The molecule has 2 aromatic carbocycles. The fraction of sp³-hybridized carbons (Fsp3) is 0.574. The van der Waals surface area contributed by atoms with Crippen molar-refractivity contribution < 1.29 is 38.4 Å². The van der Waals surface area contributed by atoms with Gasteiger partial charge in [-0.2, -0.15) is 0 Å². The molecule has 22 heteroatoms. The lowest BCUT2D eigenvalue weighted by Gasteiger charge is -2.35. The summed E-state index contributed by atoms with van der Waals surface area (Å²) >= 11 is 0. The van der Waals surface area contributed by atoms with Crippen LogP contribution in [0.25, 0.3) is 10.9 Å². The normalized spacial score (nSPS) is 18.1. The van der Waals surface area contributed by atoms with Gasteiger partial charge in [0.2, 0.25) is 47.3 Å². The number of guanidine groups is 1. The summed E-state index contributed by atoms with van der Waals surface area (Å²) in [5.74, 6) is -5.04. The average Bonchev–Trinajstić information content (AvgIpc) is 4.19. The summed E-state index contributed by atoms with van der Waals surface area (Å²) in [5, 5.41) is 15.1. The zero-order valence-corrected chi connectivity index (χ0v) is 44.6. The van der Waals surface area contributed by atoms with Gasteiger partial charge >= 0.3 is 0 Å². The molecule has 3 heterocycles. The van der Waals surface area contributed by atoms with Crippen LogP contribution in [0.5, 0.6) is 0 Å². The third-order valence-corrected chi connectivity index (χ3v) is 14.3. The minimum atomic E-state index is -1.22. The molecule has 0 aliphatic carbocycles. The molecule has 3 aromatic rings. The van der Waals surface area contributed by atoms with Crippen LogP contribution in [0, 0.1) is 11.8 Å². The highest BCUT2D eigenvalue weighted by Crippen LogP contribution is 2.28. The first-order chi connectivity index (χ1) is 36.3. The van der Waals surface area contributed by atoms with Crippen LogP contribution in [-0.2, 0) is 51.2 Å². The van der Waals surface area contributed by atoms with Gasteiger partial charge in [-0.1, -0.05) is 82.6 Å². The Morgan fingerprint density at radius 3 is 1.97 bits per heavy atom. The first kappa shape index (κ1) is 59.8. The van der Waals surface area contributed by atoms with E-state index in [1.54, 1.807) is 18.3 Å². The Hall–Kier alpha value is -7.07. The van der Waals surface area contributed by atoms with Gasteiger partial charge in [-0.15, -0.1) is 0 Å². The van der Waals surface area contributed by atoms with Crippen molar-refractivity contribution in [2.75, 3.05) is 26.2 Å². The SMILES string of the molecule is CC[C@H](C)[C@H](NC(=O)[C@H](CC(C)C)NC(=O)[C@@H](N)CCCN=C(N)N)C(=O)N1CCC[C@H]1C(=O)N1CCC[C@H]1C(=O)N[C@@H](Cc1ccccc1)C(=O)N[C@@H](Cc1c[nH]c2ccccc12)C(=O)N[C@@H](CCCCN)C(N)=O. The van der Waals surface area contributed by atoms with Crippen LogP contribution in [0.1, 0.15) is 109 Å². The molecule has 2 saturated heterocycles. The number of aromatic amines is 1. The Bertz CT molecular complexity index is 2480. The Morgan fingerprint density at radius 1 is 0.697 bits per heavy atom. The lowest BCUT2D eigenvalue weighted by Crippen LogP contribution is -2.61. The third-order valence-electron chi connectivity index (χ3n) is 14.3.